The average Bonchev–Trinajstić information content (AvgIpc) is 4.17. The van der Waals surface area contributed by atoms with Gasteiger partial charge in [0.2, 0.25) is 0 Å². The smallest absolute Gasteiger partial charge is 0.0541 e. The van der Waals surface area contributed by atoms with Gasteiger partial charge in [0.25, 0.3) is 0 Å². The van der Waals surface area contributed by atoms with E-state index in [0.29, 0.717) is 0 Å². The molecule has 2 heterocycles. The highest BCUT2D eigenvalue weighted by Crippen LogP contribution is 2.47. The SMILES string of the molecule is c1ccc(-c2c3ccc(-c4ccc5c(c4)c4ccccc4n5-c4ccc5ccccc5c4)cc3c(-c3ccccc3)c3ccc(-c4ccc5c(c4)c4ccccc4n5-c4ccc(-c5ccc6ccccc6c5)cc4)cc23)cc1. The molecule has 0 saturated heterocycles. The van der Waals surface area contributed by atoms with Crippen molar-refractivity contribution in [1.82, 2.24) is 9.13 Å². The van der Waals surface area contributed by atoms with Crippen LogP contribution in [0, 0.1) is 0 Å². The Morgan fingerprint density at radius 3 is 1.06 bits per heavy atom. The highest BCUT2D eigenvalue weighted by molar-refractivity contribution is 6.23. The number of hydrogen-bond acceptors (Lipinski definition) is 0. The lowest BCUT2D eigenvalue weighted by atomic mass is 9.84. The summed E-state index contributed by atoms with van der Waals surface area (Å²) in [5, 5.41) is 14.9. The van der Waals surface area contributed by atoms with Crippen LogP contribution in [0.15, 0.2) is 291 Å². The van der Waals surface area contributed by atoms with Crippen molar-refractivity contribution in [2.24, 2.45) is 0 Å². The number of benzene rings is 14. The Bertz CT molecular complexity index is 5060. The summed E-state index contributed by atoms with van der Waals surface area (Å²) in [5.41, 5.74) is 19.2. The number of aromatic nitrogens is 2. The molecule has 16 rings (SSSR count). The zero-order chi connectivity index (χ0) is 51.3. The van der Waals surface area contributed by atoms with E-state index in [-0.39, 0.29) is 0 Å². The molecule has 0 radical (unpaired) electrons. The fourth-order valence-electron chi connectivity index (χ4n) is 12.8. The molecular formula is C76H48N2. The molecule has 0 atom stereocenters. The van der Waals surface area contributed by atoms with Crippen molar-refractivity contribution in [2.75, 3.05) is 0 Å². The monoisotopic (exact) mass is 988 g/mol. The summed E-state index contributed by atoms with van der Waals surface area (Å²) in [5.74, 6) is 0. The predicted octanol–water partition coefficient (Wildman–Crippen LogP) is 20.8. The first-order chi connectivity index (χ1) is 38.7. The maximum Gasteiger partial charge on any atom is 0.0541 e. The van der Waals surface area contributed by atoms with Crippen molar-refractivity contribution in [3.05, 3.63) is 291 Å². The Kier molecular flexibility index (Phi) is 9.98. The van der Waals surface area contributed by atoms with Crippen LogP contribution in [0.4, 0.5) is 0 Å². The van der Waals surface area contributed by atoms with E-state index in [2.05, 4.69) is 300 Å². The highest BCUT2D eigenvalue weighted by Gasteiger charge is 2.21. The lowest BCUT2D eigenvalue weighted by molar-refractivity contribution is 1.18. The van der Waals surface area contributed by atoms with Crippen LogP contribution in [0.5, 0.6) is 0 Å². The van der Waals surface area contributed by atoms with E-state index in [1.54, 1.807) is 0 Å². The first-order valence-corrected chi connectivity index (χ1v) is 27.0. The first kappa shape index (κ1) is 44.1. The Morgan fingerprint density at radius 2 is 0.526 bits per heavy atom. The van der Waals surface area contributed by atoms with Crippen LogP contribution in [0.25, 0.3) is 154 Å². The molecule has 78 heavy (non-hydrogen) atoms. The van der Waals surface area contributed by atoms with E-state index in [9.17, 15) is 0 Å². The van der Waals surface area contributed by atoms with Crippen LogP contribution < -0.4 is 0 Å². The number of hydrogen-bond donors (Lipinski definition) is 0. The third-order valence-electron chi connectivity index (χ3n) is 16.5. The van der Waals surface area contributed by atoms with Crippen molar-refractivity contribution < 1.29 is 0 Å². The summed E-state index contributed by atoms with van der Waals surface area (Å²) in [6.07, 6.45) is 0. The molecule has 0 fully saturated rings. The molecule has 0 aliphatic heterocycles. The zero-order valence-electron chi connectivity index (χ0n) is 42.6. The predicted molar refractivity (Wildman–Crippen MR) is 332 cm³/mol. The van der Waals surface area contributed by atoms with E-state index < -0.39 is 0 Å². The Morgan fingerprint density at radius 1 is 0.167 bits per heavy atom. The summed E-state index contributed by atoms with van der Waals surface area (Å²) in [7, 11) is 0. The molecule has 0 amide bonds. The summed E-state index contributed by atoms with van der Waals surface area (Å²) in [6.45, 7) is 0. The lowest BCUT2D eigenvalue weighted by Gasteiger charge is -2.20. The quantitative estimate of drug-likeness (QED) is 0.141. The second kappa shape index (κ2) is 17.7. The minimum atomic E-state index is 1.14. The van der Waals surface area contributed by atoms with Crippen LogP contribution in [0.1, 0.15) is 0 Å². The van der Waals surface area contributed by atoms with E-state index in [1.165, 1.54) is 142 Å². The molecule has 362 valence electrons. The van der Waals surface area contributed by atoms with Crippen LogP contribution >= 0.6 is 0 Å². The zero-order valence-corrected chi connectivity index (χ0v) is 42.6. The van der Waals surface area contributed by atoms with Gasteiger partial charge in [-0.3, -0.25) is 0 Å². The minimum Gasteiger partial charge on any atom is -0.309 e. The average molecular weight is 989 g/mol. The van der Waals surface area contributed by atoms with Crippen molar-refractivity contribution in [3.8, 4) is 67.0 Å². The van der Waals surface area contributed by atoms with Gasteiger partial charge in [0.15, 0.2) is 0 Å². The number of para-hydroxylation sites is 2. The second-order valence-corrected chi connectivity index (χ2v) is 20.8. The molecule has 16 aromatic rings. The fraction of sp³-hybridized carbons (Fsp3) is 0. The molecule has 0 saturated carbocycles. The summed E-state index contributed by atoms with van der Waals surface area (Å²) in [4.78, 5) is 0. The molecule has 0 aliphatic carbocycles. The number of fused-ring (bicyclic) bond motifs is 10. The van der Waals surface area contributed by atoms with Crippen molar-refractivity contribution in [2.45, 2.75) is 0 Å². The van der Waals surface area contributed by atoms with Gasteiger partial charge in [-0.2, -0.15) is 0 Å². The highest BCUT2D eigenvalue weighted by atomic mass is 15.0. The van der Waals surface area contributed by atoms with Crippen LogP contribution in [0.2, 0.25) is 0 Å². The molecule has 2 heteroatoms. The summed E-state index contributed by atoms with van der Waals surface area (Å²) in [6, 6.07) is 108. The molecular weight excluding hydrogens is 941 g/mol. The molecule has 2 aromatic heterocycles. The molecule has 0 spiro atoms. The van der Waals surface area contributed by atoms with E-state index in [1.807, 2.05) is 0 Å². The third-order valence-corrected chi connectivity index (χ3v) is 16.5. The van der Waals surface area contributed by atoms with E-state index in [4.69, 9.17) is 0 Å². The molecule has 0 N–H and O–H groups in total. The van der Waals surface area contributed by atoms with Gasteiger partial charge in [0.05, 0.1) is 22.1 Å². The van der Waals surface area contributed by atoms with Crippen molar-refractivity contribution in [1.29, 1.82) is 0 Å². The maximum absolute atomic E-state index is 2.45. The van der Waals surface area contributed by atoms with Crippen LogP contribution in [-0.4, -0.2) is 9.13 Å². The lowest BCUT2D eigenvalue weighted by Crippen LogP contribution is -1.94. The Balaban J connectivity index is 0.849. The molecule has 0 aliphatic rings. The van der Waals surface area contributed by atoms with Crippen LogP contribution in [-0.2, 0) is 0 Å². The summed E-state index contributed by atoms with van der Waals surface area (Å²) < 4.78 is 4.84. The van der Waals surface area contributed by atoms with Gasteiger partial charge in [-0.25, -0.2) is 0 Å². The van der Waals surface area contributed by atoms with Gasteiger partial charge in [0.1, 0.15) is 0 Å². The largest absolute Gasteiger partial charge is 0.309 e. The molecule has 0 unspecified atom stereocenters. The number of rotatable bonds is 7. The molecule has 14 aromatic carbocycles. The second-order valence-electron chi connectivity index (χ2n) is 20.8. The van der Waals surface area contributed by atoms with Gasteiger partial charge in [-0.15, -0.1) is 0 Å². The topological polar surface area (TPSA) is 9.86 Å². The van der Waals surface area contributed by atoms with Gasteiger partial charge in [-0.1, -0.05) is 212 Å². The van der Waals surface area contributed by atoms with E-state index in [0.717, 1.165) is 11.4 Å². The maximum atomic E-state index is 2.45. The fourth-order valence-corrected chi connectivity index (χ4v) is 12.8. The number of nitrogens with zero attached hydrogens (tertiary/aromatic N) is 2. The van der Waals surface area contributed by atoms with Crippen molar-refractivity contribution in [3.63, 3.8) is 0 Å². The van der Waals surface area contributed by atoms with Gasteiger partial charge in [0, 0.05) is 32.9 Å². The van der Waals surface area contributed by atoms with E-state index >= 15 is 0 Å². The minimum absolute atomic E-state index is 1.14. The van der Waals surface area contributed by atoms with Gasteiger partial charge in [-0.05, 0) is 178 Å². The standard InChI is InChI=1S/C76H48N2/c1-3-17-52(18-4-1)75-66-40-33-58(60-35-42-74-68(46-60)64-24-12-14-26-72(64)78(74)62-38-31-50-16-8-10-22-55(50)44-62)48-70(66)76(53-19-5-2-6-20-53)65-39-32-57(47-69(65)75)59-34-41-73-67(45-59)63-23-11-13-25-71(63)77(73)61-36-29-51(30-37-61)56-28-27-49-15-7-9-21-54(49)43-56/h1-48H. The third kappa shape index (κ3) is 7.04. The molecule has 0 bridgehead atoms. The van der Waals surface area contributed by atoms with Crippen molar-refractivity contribution >= 4 is 86.7 Å². The Hall–Kier alpha value is -10.3. The first-order valence-electron chi connectivity index (χ1n) is 27.0. The van der Waals surface area contributed by atoms with Gasteiger partial charge >= 0.3 is 0 Å². The Labute approximate surface area is 451 Å². The normalized spacial score (nSPS) is 11.8. The van der Waals surface area contributed by atoms with Gasteiger partial charge < -0.3 is 9.13 Å². The molecule has 2 nitrogen and oxygen atoms in total. The van der Waals surface area contributed by atoms with Crippen LogP contribution in [0.3, 0.4) is 0 Å². The summed E-state index contributed by atoms with van der Waals surface area (Å²) >= 11 is 0.